The molecule has 24 heavy (non-hydrogen) atoms. The number of methoxy groups -OCH3 is 1. The van der Waals surface area contributed by atoms with E-state index in [9.17, 15) is 9.60 Å². The Hall–Kier alpha value is -2.70. The number of hydroxylamine groups is 1. The third kappa shape index (κ3) is 3.15. The van der Waals surface area contributed by atoms with E-state index in [2.05, 4.69) is 17.0 Å². The molecule has 122 valence electrons. The van der Waals surface area contributed by atoms with Gasteiger partial charge in [0.25, 0.3) is 0 Å². The molecule has 0 atom stereocenters. The summed E-state index contributed by atoms with van der Waals surface area (Å²) in [5.41, 5.74) is 4.71. The Morgan fingerprint density at radius 2 is 1.75 bits per heavy atom. The van der Waals surface area contributed by atoms with Gasteiger partial charge in [-0.25, -0.2) is 9.37 Å². The summed E-state index contributed by atoms with van der Waals surface area (Å²) in [7, 11) is 1.61. The second-order valence-electron chi connectivity index (χ2n) is 5.02. The van der Waals surface area contributed by atoms with Gasteiger partial charge in [0.15, 0.2) is 0 Å². The van der Waals surface area contributed by atoms with Gasteiger partial charge in [0.2, 0.25) is 0 Å². The average molecular weight is 342 g/mol. The maximum atomic E-state index is 13.2. The molecule has 0 radical (unpaired) electrons. The Morgan fingerprint density at radius 1 is 1.12 bits per heavy atom. The van der Waals surface area contributed by atoms with Crippen LogP contribution in [0.1, 0.15) is 4.88 Å². The van der Waals surface area contributed by atoms with Crippen molar-refractivity contribution >= 4 is 17.0 Å². The summed E-state index contributed by atoms with van der Waals surface area (Å²) in [5, 5.41) is 9.97. The molecular weight excluding hydrogens is 327 g/mol. The zero-order valence-corrected chi connectivity index (χ0v) is 13.7. The zero-order chi connectivity index (χ0) is 17.1. The number of hydrogen-bond donors (Lipinski definition) is 2. The molecule has 3 rings (SSSR count). The van der Waals surface area contributed by atoms with Crippen LogP contribution in [0, 0.1) is 5.82 Å². The summed E-state index contributed by atoms with van der Waals surface area (Å²) in [5.74, 6) is 0.445. The first-order valence-electron chi connectivity index (χ1n) is 7.13. The minimum atomic E-state index is -0.315. The van der Waals surface area contributed by atoms with Gasteiger partial charge in [-0.1, -0.05) is 6.58 Å². The van der Waals surface area contributed by atoms with Crippen LogP contribution in [0.5, 0.6) is 5.75 Å². The molecule has 0 saturated carbocycles. The minimum absolute atomic E-state index is 0.315. The van der Waals surface area contributed by atoms with Gasteiger partial charge >= 0.3 is 0 Å². The molecule has 0 aliphatic rings. The zero-order valence-electron chi connectivity index (χ0n) is 12.9. The van der Waals surface area contributed by atoms with Gasteiger partial charge in [-0.05, 0) is 48.5 Å². The predicted molar refractivity (Wildman–Crippen MR) is 93.5 cm³/mol. The summed E-state index contributed by atoms with van der Waals surface area (Å²) in [6.45, 7) is 3.80. The second kappa shape index (κ2) is 6.82. The quantitative estimate of drug-likeness (QED) is 0.667. The largest absolute Gasteiger partial charge is 0.497 e. The normalized spacial score (nSPS) is 10.5. The number of benzene rings is 2. The lowest BCUT2D eigenvalue weighted by atomic mass is 10.1. The molecule has 0 amide bonds. The topological polar surface area (TPSA) is 54.4 Å². The lowest BCUT2D eigenvalue weighted by molar-refractivity contribution is 0.225. The molecule has 3 aromatic rings. The van der Waals surface area contributed by atoms with E-state index in [-0.39, 0.29) is 5.82 Å². The molecule has 0 unspecified atom stereocenters. The second-order valence-corrected chi connectivity index (χ2v) is 6.02. The molecule has 0 aliphatic heterocycles. The van der Waals surface area contributed by atoms with E-state index in [1.807, 2.05) is 24.3 Å². The highest BCUT2D eigenvalue weighted by atomic mass is 32.1. The van der Waals surface area contributed by atoms with Crippen LogP contribution in [0.2, 0.25) is 0 Å². The molecule has 0 spiro atoms. The number of rotatable bonds is 5. The van der Waals surface area contributed by atoms with Crippen molar-refractivity contribution < 1.29 is 14.3 Å². The number of ether oxygens (including phenoxy) is 1. The summed E-state index contributed by atoms with van der Waals surface area (Å²) < 4.78 is 18.3. The Morgan fingerprint density at radius 3 is 2.33 bits per heavy atom. The fraction of sp³-hybridized carbons (Fsp3) is 0.0556. The van der Waals surface area contributed by atoms with Crippen molar-refractivity contribution in [2.75, 3.05) is 7.11 Å². The molecule has 1 heterocycles. The molecule has 2 N–H and O–H groups in total. The van der Waals surface area contributed by atoms with Crippen LogP contribution in [-0.4, -0.2) is 17.3 Å². The van der Waals surface area contributed by atoms with Crippen molar-refractivity contribution in [2.45, 2.75) is 0 Å². The monoisotopic (exact) mass is 342 g/mol. The summed E-state index contributed by atoms with van der Waals surface area (Å²) >= 11 is 1.39. The first-order valence-corrected chi connectivity index (χ1v) is 7.94. The number of aromatic nitrogens is 1. The van der Waals surface area contributed by atoms with Crippen LogP contribution in [0.4, 0.5) is 4.39 Å². The van der Waals surface area contributed by atoms with Gasteiger partial charge < -0.3 is 4.74 Å². The van der Waals surface area contributed by atoms with E-state index in [0.29, 0.717) is 16.3 Å². The van der Waals surface area contributed by atoms with Gasteiger partial charge in [-0.3, -0.25) is 10.7 Å². The Balaban J connectivity index is 2.08. The number of nitrogens with zero attached hydrogens (tertiary/aromatic N) is 1. The fourth-order valence-electron chi connectivity index (χ4n) is 2.24. The first kappa shape index (κ1) is 16.2. The van der Waals surface area contributed by atoms with Crippen LogP contribution in [0.15, 0.2) is 55.1 Å². The standard InChI is InChI=1S/C18H15FN2O2S/c1-11(21-22)17-16(12-3-7-14(19)8-4-12)20-18(24-17)13-5-9-15(23-2)10-6-13/h3-10,21-22H,1H2,2H3. The molecule has 0 aliphatic carbocycles. The van der Waals surface area contributed by atoms with E-state index in [1.165, 1.54) is 23.5 Å². The molecule has 0 saturated heterocycles. The van der Waals surface area contributed by atoms with Crippen molar-refractivity contribution in [3.63, 3.8) is 0 Å². The van der Waals surface area contributed by atoms with Crippen LogP contribution in [0.25, 0.3) is 27.5 Å². The number of thiazole rings is 1. The van der Waals surface area contributed by atoms with Gasteiger partial charge in [0, 0.05) is 11.1 Å². The molecule has 0 bridgehead atoms. The van der Waals surface area contributed by atoms with Gasteiger partial charge in [-0.2, -0.15) is 0 Å². The minimum Gasteiger partial charge on any atom is -0.497 e. The van der Waals surface area contributed by atoms with Crippen LogP contribution in [0.3, 0.4) is 0 Å². The van der Waals surface area contributed by atoms with Gasteiger partial charge in [0.1, 0.15) is 16.6 Å². The lowest BCUT2D eigenvalue weighted by Gasteiger charge is -2.03. The molecular formula is C18H15FN2O2S. The molecule has 4 nitrogen and oxygen atoms in total. The van der Waals surface area contributed by atoms with Crippen molar-refractivity contribution in [3.05, 3.63) is 65.8 Å². The molecule has 6 heteroatoms. The van der Waals surface area contributed by atoms with E-state index >= 15 is 0 Å². The molecule has 1 aromatic heterocycles. The number of nitrogens with one attached hydrogen (secondary N) is 1. The predicted octanol–water partition coefficient (Wildman–Crippen LogP) is 4.57. The van der Waals surface area contributed by atoms with E-state index in [4.69, 9.17) is 4.74 Å². The van der Waals surface area contributed by atoms with Gasteiger partial charge in [0.05, 0.1) is 23.4 Å². The van der Waals surface area contributed by atoms with Crippen molar-refractivity contribution in [3.8, 4) is 27.6 Å². The third-order valence-corrected chi connectivity index (χ3v) is 4.66. The summed E-state index contributed by atoms with van der Waals surface area (Å²) in [4.78, 5) is 5.34. The Kier molecular flexibility index (Phi) is 4.59. The third-order valence-electron chi connectivity index (χ3n) is 3.49. The number of halogens is 1. The molecule has 2 aromatic carbocycles. The van der Waals surface area contributed by atoms with Gasteiger partial charge in [-0.15, -0.1) is 11.3 Å². The fourth-order valence-corrected chi connectivity index (χ4v) is 3.25. The average Bonchev–Trinajstić information content (AvgIpc) is 3.07. The van der Waals surface area contributed by atoms with E-state index in [0.717, 1.165) is 21.9 Å². The van der Waals surface area contributed by atoms with Crippen LogP contribution in [-0.2, 0) is 0 Å². The van der Waals surface area contributed by atoms with Crippen molar-refractivity contribution in [1.82, 2.24) is 10.5 Å². The maximum Gasteiger partial charge on any atom is 0.124 e. The first-order chi connectivity index (χ1) is 11.6. The van der Waals surface area contributed by atoms with Crippen molar-refractivity contribution in [2.24, 2.45) is 0 Å². The highest BCUT2D eigenvalue weighted by Gasteiger charge is 2.16. The highest BCUT2D eigenvalue weighted by Crippen LogP contribution is 2.37. The smallest absolute Gasteiger partial charge is 0.124 e. The lowest BCUT2D eigenvalue weighted by Crippen LogP contribution is -2.03. The van der Waals surface area contributed by atoms with E-state index in [1.54, 1.807) is 19.2 Å². The van der Waals surface area contributed by atoms with Crippen molar-refractivity contribution in [1.29, 1.82) is 0 Å². The summed E-state index contributed by atoms with van der Waals surface area (Å²) in [6, 6.07) is 13.6. The maximum absolute atomic E-state index is 13.2. The summed E-state index contributed by atoms with van der Waals surface area (Å²) in [6.07, 6.45) is 0. The van der Waals surface area contributed by atoms with Crippen LogP contribution < -0.4 is 10.2 Å². The highest BCUT2D eigenvalue weighted by molar-refractivity contribution is 7.16. The van der Waals surface area contributed by atoms with Crippen LogP contribution >= 0.6 is 11.3 Å². The number of hydrogen-bond acceptors (Lipinski definition) is 5. The van der Waals surface area contributed by atoms with E-state index < -0.39 is 0 Å². The molecule has 0 fully saturated rings. The Labute approximate surface area is 142 Å². The Bertz CT molecular complexity index is 858. The SMILES string of the molecule is C=C(NO)c1sc(-c2ccc(OC)cc2)nc1-c1ccc(F)cc1.